The number of fused-ring (bicyclic) bond motifs is 1. The molecule has 0 bridgehead atoms. The zero-order valence-corrected chi connectivity index (χ0v) is 17.2. The van der Waals surface area contributed by atoms with Crippen LogP contribution in [0.2, 0.25) is 0 Å². The Morgan fingerprint density at radius 2 is 1.96 bits per heavy atom. The maximum absolute atomic E-state index is 13.2. The SMILES string of the molecule is C[C@H]1CN(C(=O)CSc2ncnc3cc(-c4ccc(F)cc4)sc23)C[C@H](C)O1. The molecule has 0 unspecified atom stereocenters. The van der Waals surface area contributed by atoms with Gasteiger partial charge in [0.2, 0.25) is 5.91 Å². The zero-order chi connectivity index (χ0) is 19.7. The molecule has 1 aliphatic heterocycles. The smallest absolute Gasteiger partial charge is 0.233 e. The lowest BCUT2D eigenvalue weighted by Gasteiger charge is -2.35. The van der Waals surface area contributed by atoms with Gasteiger partial charge in [-0.15, -0.1) is 11.3 Å². The monoisotopic (exact) mass is 417 g/mol. The molecule has 3 aromatic rings. The average Bonchev–Trinajstić information content (AvgIpc) is 3.10. The number of morpholine rings is 1. The average molecular weight is 418 g/mol. The third-order valence-electron chi connectivity index (χ3n) is 4.51. The minimum atomic E-state index is -0.258. The molecule has 8 heteroatoms. The normalized spacial score (nSPS) is 19.9. The van der Waals surface area contributed by atoms with E-state index in [0.29, 0.717) is 18.8 Å². The number of ether oxygens (including phenoxy) is 1. The molecule has 28 heavy (non-hydrogen) atoms. The highest BCUT2D eigenvalue weighted by molar-refractivity contribution is 8.00. The summed E-state index contributed by atoms with van der Waals surface area (Å²) >= 11 is 2.99. The molecule has 0 N–H and O–H groups in total. The van der Waals surface area contributed by atoms with Crippen molar-refractivity contribution in [2.75, 3.05) is 18.8 Å². The maximum atomic E-state index is 13.2. The van der Waals surface area contributed by atoms with Gasteiger partial charge < -0.3 is 9.64 Å². The lowest BCUT2D eigenvalue weighted by molar-refractivity contribution is -0.140. The van der Waals surface area contributed by atoms with Crippen molar-refractivity contribution < 1.29 is 13.9 Å². The Morgan fingerprint density at radius 3 is 2.68 bits per heavy atom. The second-order valence-corrected chi connectivity index (χ2v) is 8.87. The summed E-state index contributed by atoms with van der Waals surface area (Å²) in [6.45, 7) is 5.21. The number of hydrogen-bond donors (Lipinski definition) is 0. The Kier molecular flexibility index (Phi) is 5.61. The Hall–Kier alpha value is -2.03. The molecule has 1 saturated heterocycles. The molecular formula is C20H20FN3O2S2. The first kappa shape index (κ1) is 19.3. The second kappa shape index (κ2) is 8.14. The number of carbonyl (C=O) groups is 1. The number of carbonyl (C=O) groups excluding carboxylic acids is 1. The van der Waals surface area contributed by atoms with Crippen LogP contribution in [0.4, 0.5) is 4.39 Å². The summed E-state index contributed by atoms with van der Waals surface area (Å²) in [5.41, 5.74) is 1.77. The van der Waals surface area contributed by atoms with Gasteiger partial charge in [-0.2, -0.15) is 0 Å². The Morgan fingerprint density at radius 1 is 1.25 bits per heavy atom. The number of nitrogens with zero attached hydrogens (tertiary/aromatic N) is 3. The quantitative estimate of drug-likeness (QED) is 0.470. The van der Waals surface area contributed by atoms with Gasteiger partial charge in [-0.05, 0) is 37.6 Å². The zero-order valence-electron chi connectivity index (χ0n) is 15.6. The number of thioether (sulfide) groups is 1. The first-order chi connectivity index (χ1) is 13.5. The highest BCUT2D eigenvalue weighted by atomic mass is 32.2. The van der Waals surface area contributed by atoms with Crippen molar-refractivity contribution in [1.82, 2.24) is 14.9 Å². The largest absolute Gasteiger partial charge is 0.372 e. The van der Waals surface area contributed by atoms with Crippen LogP contribution < -0.4 is 0 Å². The molecule has 0 saturated carbocycles. The van der Waals surface area contributed by atoms with Crippen LogP contribution in [0.1, 0.15) is 13.8 Å². The summed E-state index contributed by atoms with van der Waals surface area (Å²) in [6.07, 6.45) is 1.63. The van der Waals surface area contributed by atoms with Crippen LogP contribution in [-0.2, 0) is 9.53 Å². The molecule has 2 atom stereocenters. The molecule has 0 radical (unpaired) electrons. The molecule has 4 rings (SSSR count). The van der Waals surface area contributed by atoms with Gasteiger partial charge in [0.1, 0.15) is 17.2 Å². The number of benzene rings is 1. The number of thiophene rings is 1. The van der Waals surface area contributed by atoms with Crippen molar-refractivity contribution in [2.45, 2.75) is 31.1 Å². The minimum absolute atomic E-state index is 0.0546. The van der Waals surface area contributed by atoms with Gasteiger partial charge in [-0.25, -0.2) is 14.4 Å². The number of rotatable bonds is 4. The molecule has 0 spiro atoms. The Labute approximate surface area is 170 Å². The van der Waals surface area contributed by atoms with Gasteiger partial charge in [-0.1, -0.05) is 23.9 Å². The summed E-state index contributed by atoms with van der Waals surface area (Å²) < 4.78 is 19.8. The molecule has 1 aliphatic rings. The van der Waals surface area contributed by atoms with E-state index in [-0.39, 0.29) is 23.9 Å². The third kappa shape index (κ3) is 4.19. The van der Waals surface area contributed by atoms with Crippen LogP contribution in [-0.4, -0.2) is 51.8 Å². The molecule has 2 aromatic heterocycles. The first-order valence-corrected chi connectivity index (χ1v) is 10.9. The van der Waals surface area contributed by atoms with Crippen LogP contribution >= 0.6 is 23.1 Å². The van der Waals surface area contributed by atoms with E-state index in [1.54, 1.807) is 23.5 Å². The van der Waals surface area contributed by atoms with Crippen molar-refractivity contribution in [2.24, 2.45) is 0 Å². The number of halogens is 1. The van der Waals surface area contributed by atoms with Crippen molar-refractivity contribution in [3.05, 3.63) is 42.5 Å². The van der Waals surface area contributed by atoms with Gasteiger partial charge in [-0.3, -0.25) is 4.79 Å². The van der Waals surface area contributed by atoms with Crippen LogP contribution in [0, 0.1) is 5.82 Å². The highest BCUT2D eigenvalue weighted by Gasteiger charge is 2.26. The minimum Gasteiger partial charge on any atom is -0.372 e. The van der Waals surface area contributed by atoms with Crippen LogP contribution in [0.5, 0.6) is 0 Å². The molecule has 1 fully saturated rings. The van der Waals surface area contributed by atoms with Gasteiger partial charge >= 0.3 is 0 Å². The number of amides is 1. The van der Waals surface area contributed by atoms with Crippen LogP contribution in [0.3, 0.4) is 0 Å². The van der Waals surface area contributed by atoms with Crippen molar-refractivity contribution in [3.8, 4) is 10.4 Å². The van der Waals surface area contributed by atoms with Crippen LogP contribution in [0.15, 0.2) is 41.7 Å². The van der Waals surface area contributed by atoms with Gasteiger partial charge in [0.05, 0.1) is 28.2 Å². The van der Waals surface area contributed by atoms with E-state index in [2.05, 4.69) is 9.97 Å². The lowest BCUT2D eigenvalue weighted by atomic mass is 10.2. The summed E-state index contributed by atoms with van der Waals surface area (Å²) in [4.78, 5) is 24.2. The predicted octanol–water partition coefficient (Wildman–Crippen LogP) is 4.23. The lowest BCUT2D eigenvalue weighted by Crippen LogP contribution is -2.48. The van der Waals surface area contributed by atoms with E-state index in [0.717, 1.165) is 25.7 Å². The van der Waals surface area contributed by atoms with E-state index in [1.807, 2.05) is 24.8 Å². The van der Waals surface area contributed by atoms with E-state index < -0.39 is 0 Å². The van der Waals surface area contributed by atoms with Gasteiger partial charge in [0.25, 0.3) is 0 Å². The summed E-state index contributed by atoms with van der Waals surface area (Å²) in [5.74, 6) is 0.162. The molecular weight excluding hydrogens is 397 g/mol. The standard InChI is InChI=1S/C20H20FN3O2S2/c1-12-8-24(9-13(2)26-12)18(25)10-27-20-19-16(22-11-23-20)7-17(28-19)14-3-5-15(21)6-4-14/h3-7,11-13H,8-10H2,1-2H3/t12-,13-/m0/s1. The van der Waals surface area contributed by atoms with Crippen molar-refractivity contribution in [1.29, 1.82) is 0 Å². The second-order valence-electron chi connectivity index (χ2n) is 6.86. The highest BCUT2D eigenvalue weighted by Crippen LogP contribution is 2.37. The molecule has 3 heterocycles. The molecule has 0 aliphatic carbocycles. The van der Waals surface area contributed by atoms with E-state index in [9.17, 15) is 9.18 Å². The van der Waals surface area contributed by atoms with Crippen molar-refractivity contribution >= 4 is 39.2 Å². The van der Waals surface area contributed by atoms with E-state index >= 15 is 0 Å². The first-order valence-electron chi connectivity index (χ1n) is 9.06. The molecule has 5 nitrogen and oxygen atoms in total. The Bertz CT molecular complexity index is 983. The fourth-order valence-electron chi connectivity index (χ4n) is 3.29. The topological polar surface area (TPSA) is 55.3 Å². The van der Waals surface area contributed by atoms with Crippen molar-refractivity contribution in [3.63, 3.8) is 0 Å². The summed E-state index contributed by atoms with van der Waals surface area (Å²) in [5, 5.41) is 0.797. The fraction of sp³-hybridized carbons (Fsp3) is 0.350. The third-order valence-corrected chi connectivity index (χ3v) is 6.80. The molecule has 1 aromatic carbocycles. The van der Waals surface area contributed by atoms with Gasteiger partial charge in [0, 0.05) is 18.0 Å². The van der Waals surface area contributed by atoms with Gasteiger partial charge in [0.15, 0.2) is 0 Å². The molecule has 1 amide bonds. The molecule has 146 valence electrons. The number of hydrogen-bond acceptors (Lipinski definition) is 6. The van der Waals surface area contributed by atoms with E-state index in [1.165, 1.54) is 30.2 Å². The maximum Gasteiger partial charge on any atom is 0.233 e. The fourth-order valence-corrected chi connectivity index (χ4v) is 5.40. The Balaban J connectivity index is 1.51. The van der Waals surface area contributed by atoms with E-state index in [4.69, 9.17) is 4.74 Å². The number of aromatic nitrogens is 2. The van der Waals surface area contributed by atoms with Crippen LogP contribution in [0.25, 0.3) is 20.7 Å². The predicted molar refractivity (Wildman–Crippen MR) is 110 cm³/mol. The summed E-state index contributed by atoms with van der Waals surface area (Å²) in [6, 6.07) is 8.38. The summed E-state index contributed by atoms with van der Waals surface area (Å²) in [7, 11) is 0.